The Hall–Kier alpha value is -4.70. The molecule has 0 heterocycles. The summed E-state index contributed by atoms with van der Waals surface area (Å²) in [6.07, 6.45) is 3.42. The summed E-state index contributed by atoms with van der Waals surface area (Å²) in [4.78, 5) is 46.2. The van der Waals surface area contributed by atoms with Crippen LogP contribution in [0, 0.1) is 0 Å². The fraction of sp³-hybridized carbons (Fsp3) is 0. The van der Waals surface area contributed by atoms with Gasteiger partial charge < -0.3 is 31.7 Å². The molecule has 10 heteroatoms. The molecule has 3 rings (SSSR count). The van der Waals surface area contributed by atoms with Gasteiger partial charge in [0.1, 0.15) is 28.2 Å². The Balaban J connectivity index is 0.00000363. The predicted molar refractivity (Wildman–Crippen MR) is 111 cm³/mol. The number of carboxylic acids is 3. The van der Waals surface area contributed by atoms with Crippen LogP contribution in [0.2, 0.25) is 0 Å². The van der Waals surface area contributed by atoms with Crippen LogP contribution in [0.3, 0.4) is 0 Å². The second-order valence-corrected chi connectivity index (χ2v) is 6.47. The third kappa shape index (κ3) is 4.40. The SMILES string of the molecule is N.O=C(O)C1=CC(=C(c2ccc(O)c(C(=O)O)c2)c2ccc(O)c(C(=O)O)c2)C=CC1=O. The number of carboxylic acid groups (broad SMARTS) is 3. The quantitative estimate of drug-likeness (QED) is 0.375. The third-order valence-corrected chi connectivity index (χ3v) is 4.53. The molecule has 0 saturated heterocycles. The highest BCUT2D eigenvalue weighted by molar-refractivity contribution is 6.23. The van der Waals surface area contributed by atoms with E-state index in [0.717, 1.165) is 36.4 Å². The molecule has 1 aliphatic rings. The topological polar surface area (TPSA) is 204 Å². The number of aromatic carboxylic acids is 2. The summed E-state index contributed by atoms with van der Waals surface area (Å²) in [5.74, 6) is -6.07. The number of hydrogen-bond donors (Lipinski definition) is 6. The number of hydrogen-bond acceptors (Lipinski definition) is 7. The minimum atomic E-state index is -1.47. The molecular formula is C22H17NO9. The van der Waals surface area contributed by atoms with Gasteiger partial charge in [-0.05, 0) is 58.7 Å². The van der Waals surface area contributed by atoms with Crippen molar-refractivity contribution >= 4 is 29.3 Å². The lowest BCUT2D eigenvalue weighted by Gasteiger charge is -2.16. The van der Waals surface area contributed by atoms with Crippen molar-refractivity contribution in [1.82, 2.24) is 6.15 Å². The minimum Gasteiger partial charge on any atom is -0.507 e. The summed E-state index contributed by atoms with van der Waals surface area (Å²) in [6, 6.07) is 7.22. The Morgan fingerprint density at radius 1 is 0.688 bits per heavy atom. The van der Waals surface area contributed by atoms with Gasteiger partial charge in [0.2, 0.25) is 0 Å². The van der Waals surface area contributed by atoms with Crippen molar-refractivity contribution in [1.29, 1.82) is 0 Å². The van der Waals surface area contributed by atoms with Crippen LogP contribution in [0.4, 0.5) is 0 Å². The number of ketones is 1. The highest BCUT2D eigenvalue weighted by Gasteiger charge is 2.23. The van der Waals surface area contributed by atoms with Crippen LogP contribution >= 0.6 is 0 Å². The molecule has 1 aliphatic carbocycles. The summed E-state index contributed by atoms with van der Waals surface area (Å²) in [7, 11) is 0. The van der Waals surface area contributed by atoms with Gasteiger partial charge in [-0.2, -0.15) is 0 Å². The molecule has 0 aliphatic heterocycles. The maximum absolute atomic E-state index is 11.9. The van der Waals surface area contributed by atoms with Gasteiger partial charge in [-0.1, -0.05) is 18.2 Å². The normalized spacial score (nSPS) is 12.6. The second kappa shape index (κ2) is 8.98. The standard InChI is InChI=1S/C22H14O9.H3N/c23-16-4-1-10(7-13(16)20(26)27)19(11-2-5-17(24)14(8-11)21(28)29)12-3-6-18(25)15(9-12)22(30)31;/h1-9,23-24H,(H,26,27)(H,28,29)(H,30,31);1H3. The number of carbonyl (C=O) groups is 4. The highest BCUT2D eigenvalue weighted by atomic mass is 16.4. The number of rotatable bonds is 5. The highest BCUT2D eigenvalue weighted by Crippen LogP contribution is 2.35. The number of aromatic hydroxyl groups is 2. The fourth-order valence-electron chi connectivity index (χ4n) is 3.08. The van der Waals surface area contributed by atoms with Crippen molar-refractivity contribution in [2.24, 2.45) is 0 Å². The summed E-state index contributed by atoms with van der Waals surface area (Å²) in [5, 5.41) is 47.6. The predicted octanol–water partition coefficient (Wildman–Crippen LogP) is 2.61. The molecule has 8 N–H and O–H groups in total. The van der Waals surface area contributed by atoms with E-state index >= 15 is 0 Å². The van der Waals surface area contributed by atoms with Crippen molar-refractivity contribution < 1.29 is 44.7 Å². The molecule has 0 atom stereocenters. The van der Waals surface area contributed by atoms with Crippen molar-refractivity contribution in [2.45, 2.75) is 0 Å². The smallest absolute Gasteiger partial charge is 0.339 e. The van der Waals surface area contributed by atoms with Crippen LogP contribution in [0.25, 0.3) is 5.57 Å². The molecule has 0 aromatic heterocycles. The van der Waals surface area contributed by atoms with E-state index in [2.05, 4.69) is 0 Å². The van der Waals surface area contributed by atoms with Gasteiger partial charge >= 0.3 is 17.9 Å². The lowest BCUT2D eigenvalue weighted by atomic mass is 9.87. The first-order chi connectivity index (χ1) is 14.6. The average Bonchev–Trinajstić information content (AvgIpc) is 2.71. The zero-order chi connectivity index (χ0) is 22.9. The van der Waals surface area contributed by atoms with Crippen molar-refractivity contribution in [3.05, 3.63) is 88.0 Å². The van der Waals surface area contributed by atoms with Gasteiger partial charge in [-0.25, -0.2) is 14.4 Å². The zero-order valence-corrected chi connectivity index (χ0v) is 16.3. The first-order valence-corrected chi connectivity index (χ1v) is 8.65. The Morgan fingerprint density at radius 2 is 1.16 bits per heavy atom. The van der Waals surface area contributed by atoms with E-state index in [9.17, 15) is 44.7 Å². The Labute approximate surface area is 180 Å². The molecule has 32 heavy (non-hydrogen) atoms. The molecule has 2 aromatic carbocycles. The first-order valence-electron chi connectivity index (χ1n) is 8.65. The van der Waals surface area contributed by atoms with Gasteiger partial charge in [-0.15, -0.1) is 0 Å². The van der Waals surface area contributed by atoms with Gasteiger partial charge in [0.25, 0.3) is 0 Å². The summed E-state index contributed by atoms with van der Waals surface area (Å²) >= 11 is 0. The maximum Gasteiger partial charge on any atom is 0.339 e. The largest absolute Gasteiger partial charge is 0.507 e. The lowest BCUT2D eigenvalue weighted by molar-refractivity contribution is -0.134. The van der Waals surface area contributed by atoms with Crippen LogP contribution in [-0.4, -0.2) is 49.2 Å². The summed E-state index contributed by atoms with van der Waals surface area (Å²) in [5.41, 5.74) is -0.644. The Kier molecular flexibility index (Phi) is 6.62. The van der Waals surface area contributed by atoms with E-state index in [1.54, 1.807) is 0 Å². The number of phenols is 2. The first kappa shape index (κ1) is 23.6. The number of benzene rings is 2. The Morgan fingerprint density at radius 3 is 1.56 bits per heavy atom. The van der Waals surface area contributed by atoms with Gasteiger partial charge in [0.15, 0.2) is 5.78 Å². The monoisotopic (exact) mass is 439 g/mol. The van der Waals surface area contributed by atoms with Gasteiger partial charge in [0.05, 0.1) is 0 Å². The maximum atomic E-state index is 11.9. The number of carbonyl (C=O) groups excluding carboxylic acids is 1. The summed E-state index contributed by atoms with van der Waals surface area (Å²) < 4.78 is 0. The van der Waals surface area contributed by atoms with Crippen LogP contribution < -0.4 is 6.15 Å². The van der Waals surface area contributed by atoms with Crippen LogP contribution in [0.15, 0.2) is 65.8 Å². The molecule has 0 bridgehead atoms. The fourth-order valence-corrected chi connectivity index (χ4v) is 3.08. The van der Waals surface area contributed by atoms with Crippen LogP contribution in [0.1, 0.15) is 31.8 Å². The van der Waals surface area contributed by atoms with Crippen molar-refractivity contribution in [3.8, 4) is 11.5 Å². The van der Waals surface area contributed by atoms with Crippen LogP contribution in [-0.2, 0) is 9.59 Å². The molecule has 0 fully saturated rings. The third-order valence-electron chi connectivity index (χ3n) is 4.53. The zero-order valence-electron chi connectivity index (χ0n) is 16.3. The van der Waals surface area contributed by atoms with Crippen molar-refractivity contribution in [2.75, 3.05) is 0 Å². The van der Waals surface area contributed by atoms with Crippen molar-refractivity contribution in [3.63, 3.8) is 0 Å². The molecule has 2 aromatic rings. The molecule has 0 radical (unpaired) electrons. The molecule has 0 saturated carbocycles. The van der Waals surface area contributed by atoms with Gasteiger partial charge in [-0.3, -0.25) is 4.79 Å². The summed E-state index contributed by atoms with van der Waals surface area (Å²) in [6.45, 7) is 0. The number of allylic oxidation sites excluding steroid dienone is 4. The van der Waals surface area contributed by atoms with E-state index in [1.807, 2.05) is 0 Å². The van der Waals surface area contributed by atoms with E-state index in [1.165, 1.54) is 18.2 Å². The average molecular weight is 439 g/mol. The van der Waals surface area contributed by atoms with Gasteiger partial charge in [0, 0.05) is 0 Å². The van der Waals surface area contributed by atoms with E-state index in [4.69, 9.17) is 0 Å². The molecule has 164 valence electrons. The molecule has 0 unspecified atom stereocenters. The Bertz CT molecular complexity index is 1190. The molecule has 0 spiro atoms. The van der Waals surface area contributed by atoms with Crippen LogP contribution in [0.5, 0.6) is 11.5 Å². The van der Waals surface area contributed by atoms with E-state index < -0.39 is 51.9 Å². The molecule has 0 amide bonds. The van der Waals surface area contributed by atoms with E-state index in [0.29, 0.717) is 0 Å². The minimum absolute atomic E-state index is 0. The molecule has 10 nitrogen and oxygen atoms in total. The second-order valence-electron chi connectivity index (χ2n) is 6.47. The van der Waals surface area contributed by atoms with E-state index in [-0.39, 0.29) is 28.4 Å². The lowest BCUT2D eigenvalue weighted by Crippen LogP contribution is -2.13. The number of aliphatic carboxylic acids is 1. The molecular weight excluding hydrogens is 422 g/mol.